The molecule has 0 saturated carbocycles. The molecule has 7 heteroatoms. The lowest BCUT2D eigenvalue weighted by atomic mass is 9.97. The van der Waals surface area contributed by atoms with Crippen molar-refractivity contribution in [3.8, 4) is 17.1 Å². The van der Waals surface area contributed by atoms with E-state index in [-0.39, 0.29) is 22.7 Å². The predicted molar refractivity (Wildman–Crippen MR) is 123 cm³/mol. The second-order valence-corrected chi connectivity index (χ2v) is 9.14. The highest BCUT2D eigenvalue weighted by Crippen LogP contribution is 2.35. The lowest BCUT2D eigenvalue weighted by Crippen LogP contribution is -2.25. The molecule has 0 unspecified atom stereocenters. The second kappa shape index (κ2) is 8.09. The van der Waals surface area contributed by atoms with Crippen LogP contribution in [0.2, 0.25) is 5.02 Å². The van der Waals surface area contributed by atoms with Gasteiger partial charge >= 0.3 is 0 Å². The maximum atomic E-state index is 14.6. The van der Waals surface area contributed by atoms with Crippen LogP contribution in [-0.2, 0) is 19.4 Å². The molecular weight excluding hydrogens is 435 g/mol. The molecule has 1 aliphatic carbocycles. The van der Waals surface area contributed by atoms with Crippen LogP contribution in [0.1, 0.15) is 28.8 Å². The van der Waals surface area contributed by atoms with Crippen LogP contribution in [0.3, 0.4) is 0 Å². The van der Waals surface area contributed by atoms with Gasteiger partial charge in [0.15, 0.2) is 0 Å². The van der Waals surface area contributed by atoms with Gasteiger partial charge in [-0.1, -0.05) is 29.8 Å². The maximum absolute atomic E-state index is 14.6. The van der Waals surface area contributed by atoms with Crippen LogP contribution in [0.25, 0.3) is 21.6 Å². The average molecular weight is 455 g/mol. The first-order chi connectivity index (χ1) is 15.1. The van der Waals surface area contributed by atoms with E-state index in [1.165, 1.54) is 10.9 Å². The van der Waals surface area contributed by atoms with Crippen molar-refractivity contribution in [1.29, 1.82) is 0 Å². The fraction of sp³-hybridized carbons (Fsp3) is 0.250. The van der Waals surface area contributed by atoms with Crippen LogP contribution in [-0.4, -0.2) is 16.7 Å². The Hall–Kier alpha value is -2.70. The minimum Gasteiger partial charge on any atom is -0.497 e. The smallest absolute Gasteiger partial charge is 0.263 e. The molecule has 2 aromatic carbocycles. The highest BCUT2D eigenvalue weighted by molar-refractivity contribution is 7.18. The molecule has 4 nitrogen and oxygen atoms in total. The Morgan fingerprint density at radius 3 is 2.81 bits per heavy atom. The number of nitrogens with zero attached hydrogens (tertiary/aromatic N) is 2. The van der Waals surface area contributed by atoms with Gasteiger partial charge in [0.2, 0.25) is 0 Å². The standard InChI is InChI=1S/C24H20ClFN2O2S/c1-30-15-7-4-6-14(12-15)22-27-23-21(16-8-2-3-11-20(16)31-23)24(29)28(22)13-17-18(25)9-5-10-19(17)26/h4-7,9-10,12H,2-3,8,11,13H2,1H3. The maximum Gasteiger partial charge on any atom is 0.263 e. The summed E-state index contributed by atoms with van der Waals surface area (Å²) in [7, 11) is 1.59. The molecular formula is C24H20ClFN2O2S. The van der Waals surface area contributed by atoms with E-state index in [0.29, 0.717) is 17.0 Å². The molecule has 2 heterocycles. The minimum absolute atomic E-state index is 0.00441. The van der Waals surface area contributed by atoms with Gasteiger partial charge in [-0.25, -0.2) is 9.37 Å². The summed E-state index contributed by atoms with van der Waals surface area (Å²) in [6.07, 6.45) is 4.05. The second-order valence-electron chi connectivity index (χ2n) is 7.65. The summed E-state index contributed by atoms with van der Waals surface area (Å²) in [6.45, 7) is 0.00441. The molecule has 0 atom stereocenters. The fourth-order valence-electron chi connectivity index (χ4n) is 4.21. The summed E-state index contributed by atoms with van der Waals surface area (Å²) in [5.74, 6) is 0.700. The molecule has 0 N–H and O–H groups in total. The number of hydrogen-bond donors (Lipinski definition) is 0. The highest BCUT2D eigenvalue weighted by Gasteiger charge is 2.23. The Balaban J connectivity index is 1.79. The largest absolute Gasteiger partial charge is 0.497 e. The molecule has 0 bridgehead atoms. The van der Waals surface area contributed by atoms with E-state index in [1.807, 2.05) is 24.3 Å². The molecule has 158 valence electrons. The van der Waals surface area contributed by atoms with E-state index in [9.17, 15) is 9.18 Å². The van der Waals surface area contributed by atoms with Gasteiger partial charge in [-0.15, -0.1) is 11.3 Å². The minimum atomic E-state index is -0.441. The van der Waals surface area contributed by atoms with E-state index in [2.05, 4.69) is 0 Å². The van der Waals surface area contributed by atoms with Gasteiger partial charge in [0.05, 0.1) is 19.0 Å². The Labute approximate surface area is 187 Å². The first-order valence-corrected chi connectivity index (χ1v) is 11.4. The first kappa shape index (κ1) is 20.2. The van der Waals surface area contributed by atoms with Gasteiger partial charge in [0.25, 0.3) is 5.56 Å². The lowest BCUT2D eigenvalue weighted by Gasteiger charge is -2.15. The van der Waals surface area contributed by atoms with Crippen molar-refractivity contribution < 1.29 is 9.13 Å². The van der Waals surface area contributed by atoms with Gasteiger partial charge in [0.1, 0.15) is 22.2 Å². The van der Waals surface area contributed by atoms with E-state index >= 15 is 0 Å². The summed E-state index contributed by atoms with van der Waals surface area (Å²) in [5, 5.41) is 0.953. The molecule has 0 aliphatic heterocycles. The van der Waals surface area contributed by atoms with Gasteiger partial charge < -0.3 is 4.74 Å². The number of aryl methyl sites for hydroxylation is 2. The quantitative estimate of drug-likeness (QED) is 0.388. The number of benzene rings is 2. The SMILES string of the molecule is COc1cccc(-c2nc3sc4c(c3c(=O)n2Cc2c(F)cccc2Cl)CCCC4)c1. The van der Waals surface area contributed by atoms with Crippen molar-refractivity contribution in [3.05, 3.63) is 79.7 Å². The van der Waals surface area contributed by atoms with E-state index in [0.717, 1.165) is 41.6 Å². The molecule has 4 aromatic rings. The molecule has 5 rings (SSSR count). The Morgan fingerprint density at radius 1 is 1.19 bits per heavy atom. The zero-order chi connectivity index (χ0) is 21.5. The molecule has 0 radical (unpaired) electrons. The normalized spacial score (nSPS) is 13.4. The molecule has 0 saturated heterocycles. The van der Waals surface area contributed by atoms with Gasteiger partial charge in [-0.3, -0.25) is 9.36 Å². The topological polar surface area (TPSA) is 44.1 Å². The van der Waals surface area contributed by atoms with Crippen molar-refractivity contribution in [2.45, 2.75) is 32.2 Å². The number of hydrogen-bond acceptors (Lipinski definition) is 4. The number of fused-ring (bicyclic) bond motifs is 3. The lowest BCUT2D eigenvalue weighted by molar-refractivity contribution is 0.415. The summed E-state index contributed by atoms with van der Waals surface area (Å²) in [6, 6.07) is 11.9. The Bertz CT molecular complexity index is 1340. The third-order valence-electron chi connectivity index (χ3n) is 5.78. The number of methoxy groups -OCH3 is 1. The molecule has 2 aromatic heterocycles. The number of aromatic nitrogens is 2. The van der Waals surface area contributed by atoms with Crippen LogP contribution in [0, 0.1) is 5.82 Å². The van der Waals surface area contributed by atoms with Crippen molar-refractivity contribution in [2.75, 3.05) is 7.11 Å². The van der Waals surface area contributed by atoms with Crippen LogP contribution >= 0.6 is 22.9 Å². The van der Waals surface area contributed by atoms with Gasteiger partial charge in [-0.2, -0.15) is 0 Å². The van der Waals surface area contributed by atoms with E-state index < -0.39 is 5.82 Å². The molecule has 31 heavy (non-hydrogen) atoms. The van der Waals surface area contributed by atoms with Crippen LogP contribution in [0.4, 0.5) is 4.39 Å². The zero-order valence-electron chi connectivity index (χ0n) is 17.0. The molecule has 1 aliphatic rings. The average Bonchev–Trinajstić information content (AvgIpc) is 3.16. The van der Waals surface area contributed by atoms with Gasteiger partial charge in [-0.05, 0) is 55.5 Å². The summed E-state index contributed by atoms with van der Waals surface area (Å²) >= 11 is 7.89. The summed E-state index contributed by atoms with van der Waals surface area (Å²) in [4.78, 5) is 20.7. The van der Waals surface area contributed by atoms with Crippen molar-refractivity contribution in [1.82, 2.24) is 9.55 Å². The monoisotopic (exact) mass is 454 g/mol. The third kappa shape index (κ3) is 3.54. The van der Waals surface area contributed by atoms with Crippen LogP contribution in [0.15, 0.2) is 47.3 Å². The van der Waals surface area contributed by atoms with Gasteiger partial charge in [0, 0.05) is 21.0 Å². The summed E-state index contributed by atoms with van der Waals surface area (Å²) < 4.78 is 21.5. The van der Waals surface area contributed by atoms with Crippen molar-refractivity contribution in [3.63, 3.8) is 0 Å². The number of halogens is 2. The summed E-state index contributed by atoms with van der Waals surface area (Å²) in [5.41, 5.74) is 1.97. The molecule has 0 fully saturated rings. The highest BCUT2D eigenvalue weighted by atomic mass is 35.5. The Kier molecular flexibility index (Phi) is 5.28. The van der Waals surface area contributed by atoms with Crippen molar-refractivity contribution in [2.24, 2.45) is 0 Å². The number of thiophene rings is 1. The fourth-order valence-corrected chi connectivity index (χ4v) is 5.68. The molecule has 0 spiro atoms. The predicted octanol–water partition coefficient (Wildman–Crippen LogP) is 5.85. The van der Waals surface area contributed by atoms with Crippen molar-refractivity contribution >= 4 is 33.2 Å². The van der Waals surface area contributed by atoms with E-state index in [1.54, 1.807) is 35.1 Å². The first-order valence-electron chi connectivity index (χ1n) is 10.2. The number of ether oxygens (including phenoxy) is 1. The Morgan fingerprint density at radius 2 is 2.00 bits per heavy atom. The third-order valence-corrected chi connectivity index (χ3v) is 7.32. The molecule has 0 amide bonds. The van der Waals surface area contributed by atoms with Crippen LogP contribution < -0.4 is 10.3 Å². The van der Waals surface area contributed by atoms with E-state index in [4.69, 9.17) is 21.3 Å². The van der Waals surface area contributed by atoms with Crippen LogP contribution in [0.5, 0.6) is 5.75 Å². The number of rotatable bonds is 4. The zero-order valence-corrected chi connectivity index (χ0v) is 18.5.